The summed E-state index contributed by atoms with van der Waals surface area (Å²) in [5, 5.41) is 15.9. The third kappa shape index (κ3) is 6.03. The molecule has 3 atom stereocenters. The van der Waals surface area contributed by atoms with Crippen LogP contribution in [0.4, 0.5) is 22.1 Å². The summed E-state index contributed by atoms with van der Waals surface area (Å²) >= 11 is 0. The number of anilines is 3. The normalized spacial score (nSPS) is 19.2. The van der Waals surface area contributed by atoms with E-state index >= 15 is 0 Å². The van der Waals surface area contributed by atoms with Gasteiger partial charge in [0.25, 0.3) is 0 Å². The Kier molecular flexibility index (Phi) is 7.98. The minimum absolute atomic E-state index is 0.0583. The van der Waals surface area contributed by atoms with Crippen LogP contribution in [-0.4, -0.2) is 68.7 Å². The Morgan fingerprint density at radius 1 is 1.05 bits per heavy atom. The summed E-state index contributed by atoms with van der Waals surface area (Å²) in [6.45, 7) is 5.58. The van der Waals surface area contributed by atoms with Gasteiger partial charge in [0.15, 0.2) is 0 Å². The minimum Gasteiger partial charge on any atom is -0.383 e. The maximum atomic E-state index is 13.3. The Morgan fingerprint density at radius 3 is 2.86 bits per heavy atom. The topological polar surface area (TPSA) is 112 Å². The van der Waals surface area contributed by atoms with Crippen molar-refractivity contribution < 1.29 is 4.79 Å². The Bertz CT molecular complexity index is 1760. The first kappa shape index (κ1) is 28.1. The molecule has 0 bridgehead atoms. The van der Waals surface area contributed by atoms with Crippen molar-refractivity contribution in [3.8, 4) is 5.82 Å². The van der Waals surface area contributed by atoms with Crippen LogP contribution in [0.3, 0.4) is 0 Å². The molecule has 0 spiro atoms. The van der Waals surface area contributed by atoms with E-state index in [9.17, 15) is 4.79 Å². The van der Waals surface area contributed by atoms with Gasteiger partial charge in [-0.3, -0.25) is 4.57 Å². The van der Waals surface area contributed by atoms with Gasteiger partial charge in [0, 0.05) is 49.0 Å². The van der Waals surface area contributed by atoms with Crippen LogP contribution >= 0.6 is 0 Å². The molecule has 2 saturated heterocycles. The molecule has 5 aromatic rings. The van der Waals surface area contributed by atoms with E-state index in [-0.39, 0.29) is 18.0 Å². The number of nitrogens with one attached hydrogen (secondary N) is 4. The first-order chi connectivity index (χ1) is 21.6. The van der Waals surface area contributed by atoms with Crippen molar-refractivity contribution in [3.05, 3.63) is 79.3 Å². The molecule has 4 N–H and O–H groups in total. The van der Waals surface area contributed by atoms with Crippen LogP contribution in [0.15, 0.2) is 79.3 Å². The lowest BCUT2D eigenvalue weighted by Gasteiger charge is -2.36. The van der Waals surface area contributed by atoms with E-state index < -0.39 is 0 Å². The number of likely N-dealkylation sites (tertiary alicyclic amines) is 1. The number of amides is 2. The fourth-order valence-electron chi connectivity index (χ4n) is 6.48. The average Bonchev–Trinajstić information content (AvgIpc) is 3.74. The van der Waals surface area contributed by atoms with Gasteiger partial charge in [-0.15, -0.1) is 0 Å². The highest BCUT2D eigenvalue weighted by atomic mass is 16.2. The quantitative estimate of drug-likeness (QED) is 0.179. The van der Waals surface area contributed by atoms with E-state index in [1.807, 2.05) is 52.2 Å². The predicted molar refractivity (Wildman–Crippen MR) is 177 cm³/mol. The number of benzene rings is 3. The zero-order valence-electron chi connectivity index (χ0n) is 25.0. The zero-order chi connectivity index (χ0) is 29.9. The van der Waals surface area contributed by atoms with Crippen LogP contribution in [0.2, 0.25) is 0 Å². The molecule has 4 heterocycles. The lowest BCUT2D eigenvalue weighted by Crippen LogP contribution is -2.46. The van der Waals surface area contributed by atoms with Gasteiger partial charge in [0.2, 0.25) is 5.95 Å². The monoisotopic (exact) mass is 589 g/mol. The number of imidazole rings is 1. The Labute approximate surface area is 257 Å². The summed E-state index contributed by atoms with van der Waals surface area (Å²) in [7, 11) is 0. The maximum absolute atomic E-state index is 13.3. The van der Waals surface area contributed by atoms with Gasteiger partial charge in [-0.2, -0.15) is 4.98 Å². The van der Waals surface area contributed by atoms with E-state index in [1.54, 1.807) is 6.20 Å². The molecule has 2 aliphatic rings. The fourth-order valence-corrected chi connectivity index (χ4v) is 6.48. The number of urea groups is 1. The second-order valence-electron chi connectivity index (χ2n) is 12.0. The van der Waals surface area contributed by atoms with Crippen LogP contribution in [0.25, 0.3) is 27.6 Å². The second kappa shape index (κ2) is 12.5. The summed E-state index contributed by atoms with van der Waals surface area (Å²) in [4.78, 5) is 29.2. The van der Waals surface area contributed by atoms with Crippen LogP contribution < -0.4 is 21.3 Å². The lowest BCUT2D eigenvalue weighted by molar-refractivity contribution is 0.172. The summed E-state index contributed by atoms with van der Waals surface area (Å²) in [6.07, 6.45) is 8.04. The van der Waals surface area contributed by atoms with Gasteiger partial charge in [0.05, 0.1) is 16.7 Å². The highest BCUT2D eigenvalue weighted by Gasteiger charge is 2.28. The third-order valence-corrected chi connectivity index (χ3v) is 8.99. The molecule has 44 heavy (non-hydrogen) atoms. The summed E-state index contributed by atoms with van der Waals surface area (Å²) in [5.74, 6) is 1.60. The van der Waals surface area contributed by atoms with Crippen molar-refractivity contribution >= 4 is 45.2 Å². The van der Waals surface area contributed by atoms with Crippen LogP contribution in [-0.2, 0) is 0 Å². The van der Waals surface area contributed by atoms with Crippen LogP contribution in [0.1, 0.15) is 32.6 Å². The highest BCUT2D eigenvalue weighted by molar-refractivity contribution is 6.01. The van der Waals surface area contributed by atoms with Gasteiger partial charge in [-0.1, -0.05) is 36.4 Å². The van der Waals surface area contributed by atoms with Crippen molar-refractivity contribution in [2.75, 3.05) is 42.1 Å². The van der Waals surface area contributed by atoms with Gasteiger partial charge in [0.1, 0.15) is 12.1 Å². The fraction of sp³-hybridized carbons (Fsp3) is 0.353. The maximum Gasteiger partial charge on any atom is 0.321 e. The van der Waals surface area contributed by atoms with Crippen LogP contribution in [0, 0.1) is 5.92 Å². The number of carbonyl (C=O) groups excluding carboxylic acids is 1. The average molecular weight is 590 g/mol. The van der Waals surface area contributed by atoms with Gasteiger partial charge >= 0.3 is 6.03 Å². The Balaban J connectivity index is 0.994. The number of hydrogen-bond acceptors (Lipinski definition) is 7. The smallest absolute Gasteiger partial charge is 0.321 e. The second-order valence-corrected chi connectivity index (χ2v) is 12.0. The largest absolute Gasteiger partial charge is 0.383 e. The molecule has 2 aliphatic heterocycles. The van der Waals surface area contributed by atoms with Gasteiger partial charge in [-0.25, -0.2) is 14.8 Å². The van der Waals surface area contributed by atoms with Crippen molar-refractivity contribution in [3.63, 3.8) is 0 Å². The molecule has 10 nitrogen and oxygen atoms in total. The molecule has 0 radical (unpaired) electrons. The van der Waals surface area contributed by atoms with Crippen molar-refractivity contribution in [1.82, 2.24) is 29.7 Å². The predicted octanol–water partition coefficient (Wildman–Crippen LogP) is 5.88. The first-order valence-electron chi connectivity index (χ1n) is 15.7. The summed E-state index contributed by atoms with van der Waals surface area (Å²) < 4.78 is 2.00. The number of nitrogens with zero attached hydrogens (tertiary/aromatic N) is 5. The standard InChI is InChI=1S/C34H39N9O/c1-23(25-9-6-18-42(21-25)34(44)40-29-12-4-8-24-7-2-3-11-28(24)29)39-33-36-17-15-32(41-33)43-22-38-30-19-26(13-14-31(30)43)37-20-27-10-5-16-35-27/h2-4,7-8,11-15,17,19,22-23,25,27,35,37H,5-6,9-10,16,18,20-21H2,1H3,(H,40,44)(H,36,39,41). The van der Waals surface area contributed by atoms with Crippen molar-refractivity contribution in [1.29, 1.82) is 0 Å². The SMILES string of the molecule is CC(Nc1nccc(-n2cnc3cc(NCC4CCCN4)ccc32)n1)C1CCCN(C(=O)Nc2cccc3ccccc23)C1. The van der Waals surface area contributed by atoms with E-state index in [1.165, 1.54) is 12.8 Å². The number of aromatic nitrogens is 4. The van der Waals surface area contributed by atoms with E-state index in [0.717, 1.165) is 71.5 Å². The number of fused-ring (bicyclic) bond motifs is 2. The number of piperidine rings is 1. The minimum atomic E-state index is -0.0583. The summed E-state index contributed by atoms with van der Waals surface area (Å²) in [5.41, 5.74) is 3.82. The van der Waals surface area contributed by atoms with Gasteiger partial charge in [-0.05, 0) is 80.8 Å². The number of rotatable bonds is 8. The van der Waals surface area contributed by atoms with Gasteiger partial charge < -0.3 is 26.2 Å². The highest BCUT2D eigenvalue weighted by Crippen LogP contribution is 2.26. The van der Waals surface area contributed by atoms with Crippen LogP contribution in [0.5, 0.6) is 0 Å². The molecule has 226 valence electrons. The molecule has 10 heteroatoms. The molecule has 2 aromatic heterocycles. The Morgan fingerprint density at radius 2 is 1.95 bits per heavy atom. The molecule has 3 unspecified atom stereocenters. The van der Waals surface area contributed by atoms with E-state index in [2.05, 4.69) is 68.5 Å². The van der Waals surface area contributed by atoms with Crippen molar-refractivity contribution in [2.45, 2.75) is 44.7 Å². The third-order valence-electron chi connectivity index (χ3n) is 8.99. The molecule has 2 amide bonds. The Hall–Kier alpha value is -4.70. The molecule has 2 fully saturated rings. The van der Waals surface area contributed by atoms with E-state index in [4.69, 9.17) is 4.98 Å². The summed E-state index contributed by atoms with van der Waals surface area (Å²) in [6, 6.07) is 22.9. The first-order valence-corrected chi connectivity index (χ1v) is 15.7. The molecule has 7 rings (SSSR count). The van der Waals surface area contributed by atoms with Crippen molar-refractivity contribution in [2.24, 2.45) is 5.92 Å². The van der Waals surface area contributed by atoms with E-state index in [0.29, 0.717) is 18.5 Å². The molecule has 0 aliphatic carbocycles. The molecular weight excluding hydrogens is 550 g/mol. The number of carbonyl (C=O) groups is 1. The number of hydrogen-bond donors (Lipinski definition) is 4. The molecule has 0 saturated carbocycles. The molecule has 3 aromatic carbocycles. The zero-order valence-corrected chi connectivity index (χ0v) is 25.0. The lowest BCUT2D eigenvalue weighted by atomic mass is 9.92. The molecular formula is C34H39N9O.